The van der Waals surface area contributed by atoms with Crippen LogP contribution in [-0.4, -0.2) is 16.1 Å². The fourth-order valence-corrected chi connectivity index (χ4v) is 2.06. The van der Waals surface area contributed by atoms with Crippen LogP contribution in [0.25, 0.3) is 0 Å². The van der Waals surface area contributed by atoms with Crippen LogP contribution >= 0.6 is 11.6 Å². The number of pyridine rings is 1. The van der Waals surface area contributed by atoms with Gasteiger partial charge in [0, 0.05) is 5.69 Å². The van der Waals surface area contributed by atoms with E-state index in [1.807, 2.05) is 6.92 Å². The topological polar surface area (TPSA) is 62.2 Å². The van der Waals surface area contributed by atoms with Gasteiger partial charge in [0.2, 0.25) is 0 Å². The highest BCUT2D eigenvalue weighted by atomic mass is 35.5. The Bertz CT molecular complexity index is 677. The molecular formula is C15H14ClFN2O2. The van der Waals surface area contributed by atoms with Gasteiger partial charge in [0.05, 0.1) is 16.3 Å². The summed E-state index contributed by atoms with van der Waals surface area (Å²) in [4.78, 5) is 15.5. The summed E-state index contributed by atoms with van der Waals surface area (Å²) in [6.45, 7) is 1.98. The number of carbonyl (C=O) groups is 1. The maximum absolute atomic E-state index is 13.2. The van der Waals surface area contributed by atoms with Crippen LogP contribution in [0.15, 0.2) is 30.3 Å². The van der Waals surface area contributed by atoms with Crippen molar-refractivity contribution in [3.63, 3.8) is 0 Å². The number of carboxylic acids is 1. The molecule has 2 rings (SSSR count). The van der Waals surface area contributed by atoms with Gasteiger partial charge in [-0.1, -0.05) is 24.9 Å². The zero-order valence-electron chi connectivity index (χ0n) is 11.4. The normalized spacial score (nSPS) is 10.4. The molecule has 6 heteroatoms. The molecule has 21 heavy (non-hydrogen) atoms. The summed E-state index contributed by atoms with van der Waals surface area (Å²) in [5.41, 5.74) is 1.13. The maximum atomic E-state index is 13.2. The molecule has 2 aromatic rings. The Balaban J connectivity index is 2.38. The van der Waals surface area contributed by atoms with Crippen molar-refractivity contribution in [3.8, 4) is 0 Å². The molecule has 0 spiro atoms. The summed E-state index contributed by atoms with van der Waals surface area (Å²) in [5.74, 6) is -1.15. The second-order valence-corrected chi connectivity index (χ2v) is 4.94. The average molecular weight is 309 g/mol. The van der Waals surface area contributed by atoms with Crippen LogP contribution in [0.1, 0.15) is 29.4 Å². The molecule has 0 aliphatic rings. The number of carboxylic acid groups (broad SMARTS) is 1. The molecule has 4 nitrogen and oxygen atoms in total. The maximum Gasteiger partial charge on any atom is 0.335 e. The molecule has 0 bridgehead atoms. The molecule has 0 saturated carbocycles. The summed E-state index contributed by atoms with van der Waals surface area (Å²) in [5, 5.41) is 12.3. The summed E-state index contributed by atoms with van der Waals surface area (Å²) >= 11 is 5.98. The molecule has 1 aromatic carbocycles. The summed E-state index contributed by atoms with van der Waals surface area (Å²) in [6.07, 6.45) is 1.50. The molecule has 110 valence electrons. The number of aryl methyl sites for hydroxylation is 1. The number of nitrogens with one attached hydrogen (secondary N) is 1. The molecule has 0 aliphatic carbocycles. The van der Waals surface area contributed by atoms with Gasteiger partial charge in [0.25, 0.3) is 0 Å². The van der Waals surface area contributed by atoms with E-state index in [2.05, 4.69) is 10.3 Å². The molecular weight excluding hydrogens is 295 g/mol. The highest BCUT2D eigenvalue weighted by Crippen LogP contribution is 2.26. The van der Waals surface area contributed by atoms with E-state index >= 15 is 0 Å². The Labute approximate surface area is 126 Å². The minimum Gasteiger partial charge on any atom is -0.478 e. The van der Waals surface area contributed by atoms with Crippen molar-refractivity contribution in [2.24, 2.45) is 0 Å². The smallest absolute Gasteiger partial charge is 0.335 e. The third kappa shape index (κ3) is 3.92. The van der Waals surface area contributed by atoms with Gasteiger partial charge in [0.15, 0.2) is 0 Å². The van der Waals surface area contributed by atoms with Crippen LogP contribution in [0, 0.1) is 5.82 Å². The first-order valence-electron chi connectivity index (χ1n) is 6.46. The van der Waals surface area contributed by atoms with E-state index in [0.717, 1.165) is 6.42 Å². The molecule has 0 radical (unpaired) electrons. The van der Waals surface area contributed by atoms with Crippen molar-refractivity contribution in [2.45, 2.75) is 19.8 Å². The number of anilines is 2. The van der Waals surface area contributed by atoms with E-state index < -0.39 is 11.8 Å². The van der Waals surface area contributed by atoms with Gasteiger partial charge in [-0.25, -0.2) is 14.2 Å². The lowest BCUT2D eigenvalue weighted by Gasteiger charge is -2.10. The van der Waals surface area contributed by atoms with Crippen LogP contribution < -0.4 is 5.32 Å². The van der Waals surface area contributed by atoms with Crippen LogP contribution in [0.2, 0.25) is 5.02 Å². The largest absolute Gasteiger partial charge is 0.478 e. The van der Waals surface area contributed by atoms with E-state index in [0.29, 0.717) is 28.6 Å². The second kappa shape index (κ2) is 6.54. The van der Waals surface area contributed by atoms with Crippen molar-refractivity contribution in [2.75, 3.05) is 5.32 Å². The van der Waals surface area contributed by atoms with Crippen LogP contribution in [0.4, 0.5) is 15.9 Å². The number of halogens is 2. The summed E-state index contributed by atoms with van der Waals surface area (Å²) in [6, 6.07) is 6.83. The van der Waals surface area contributed by atoms with Gasteiger partial charge in [-0.2, -0.15) is 0 Å². The molecule has 0 amide bonds. The van der Waals surface area contributed by atoms with Crippen LogP contribution in [0.5, 0.6) is 0 Å². The van der Waals surface area contributed by atoms with Gasteiger partial charge in [0.1, 0.15) is 11.6 Å². The zero-order valence-corrected chi connectivity index (χ0v) is 12.1. The SMILES string of the molecule is CCCc1cc(C(=O)O)cc(Nc2cc(F)ccc2Cl)n1. The summed E-state index contributed by atoms with van der Waals surface area (Å²) < 4.78 is 13.2. The predicted octanol–water partition coefficient (Wildman–Crippen LogP) is 4.27. The minimum absolute atomic E-state index is 0.128. The number of rotatable bonds is 5. The van der Waals surface area contributed by atoms with E-state index in [1.54, 1.807) is 0 Å². The first-order chi connectivity index (χ1) is 9.99. The molecule has 1 heterocycles. The van der Waals surface area contributed by atoms with Crippen LogP contribution in [0.3, 0.4) is 0 Å². The lowest BCUT2D eigenvalue weighted by atomic mass is 10.1. The first-order valence-corrected chi connectivity index (χ1v) is 6.83. The van der Waals surface area contributed by atoms with Crippen molar-refractivity contribution in [3.05, 3.63) is 52.4 Å². The monoisotopic (exact) mass is 308 g/mol. The minimum atomic E-state index is -1.04. The predicted molar refractivity (Wildman–Crippen MR) is 79.9 cm³/mol. The van der Waals surface area contributed by atoms with Gasteiger partial charge < -0.3 is 10.4 Å². The van der Waals surface area contributed by atoms with Crippen molar-refractivity contribution in [1.29, 1.82) is 0 Å². The number of hydrogen-bond acceptors (Lipinski definition) is 3. The third-order valence-electron chi connectivity index (χ3n) is 2.82. The Hall–Kier alpha value is -2.14. The Morgan fingerprint density at radius 1 is 1.38 bits per heavy atom. The average Bonchev–Trinajstić information content (AvgIpc) is 2.43. The van der Waals surface area contributed by atoms with Crippen LogP contribution in [-0.2, 0) is 6.42 Å². The lowest BCUT2D eigenvalue weighted by Crippen LogP contribution is -2.04. The fourth-order valence-electron chi connectivity index (χ4n) is 1.89. The van der Waals surface area contributed by atoms with E-state index in [-0.39, 0.29) is 5.56 Å². The third-order valence-corrected chi connectivity index (χ3v) is 3.15. The quantitative estimate of drug-likeness (QED) is 0.866. The van der Waals surface area contributed by atoms with Crippen molar-refractivity contribution < 1.29 is 14.3 Å². The summed E-state index contributed by atoms with van der Waals surface area (Å²) in [7, 11) is 0. The van der Waals surface area contributed by atoms with Gasteiger partial charge in [-0.3, -0.25) is 0 Å². The number of benzene rings is 1. The fraction of sp³-hybridized carbons (Fsp3) is 0.200. The molecule has 0 saturated heterocycles. The molecule has 1 aromatic heterocycles. The second-order valence-electron chi connectivity index (χ2n) is 4.54. The molecule has 0 unspecified atom stereocenters. The van der Waals surface area contributed by atoms with Crippen molar-refractivity contribution >= 4 is 29.1 Å². The van der Waals surface area contributed by atoms with E-state index in [4.69, 9.17) is 16.7 Å². The molecule has 0 atom stereocenters. The Morgan fingerprint density at radius 2 is 2.14 bits per heavy atom. The van der Waals surface area contributed by atoms with E-state index in [9.17, 15) is 9.18 Å². The highest BCUT2D eigenvalue weighted by molar-refractivity contribution is 6.33. The highest BCUT2D eigenvalue weighted by Gasteiger charge is 2.10. The molecule has 0 fully saturated rings. The van der Waals surface area contributed by atoms with Gasteiger partial charge in [-0.15, -0.1) is 0 Å². The van der Waals surface area contributed by atoms with Gasteiger partial charge in [-0.05, 0) is 36.8 Å². The Morgan fingerprint density at radius 3 is 2.81 bits per heavy atom. The number of aromatic carboxylic acids is 1. The number of aromatic nitrogens is 1. The standard InChI is InChI=1S/C15H14ClFN2O2/c1-2-3-11-6-9(15(20)21)7-14(18-11)19-13-8-10(17)4-5-12(13)16/h4-8H,2-3H2,1H3,(H,18,19)(H,20,21). The molecule has 2 N–H and O–H groups in total. The molecule has 0 aliphatic heterocycles. The number of hydrogen-bond donors (Lipinski definition) is 2. The van der Waals surface area contributed by atoms with Gasteiger partial charge >= 0.3 is 5.97 Å². The Kier molecular flexibility index (Phi) is 4.75. The number of nitrogens with zero attached hydrogens (tertiary/aromatic N) is 1. The van der Waals surface area contributed by atoms with E-state index in [1.165, 1.54) is 30.3 Å². The van der Waals surface area contributed by atoms with Crippen molar-refractivity contribution in [1.82, 2.24) is 4.98 Å². The lowest BCUT2D eigenvalue weighted by molar-refractivity contribution is 0.0696. The zero-order chi connectivity index (χ0) is 15.4. The first kappa shape index (κ1) is 15.3.